The normalized spacial score (nSPS) is 16.8. The van der Waals surface area contributed by atoms with Crippen LogP contribution in [0.1, 0.15) is 37.8 Å². The molecule has 6 nitrogen and oxygen atoms in total. The first kappa shape index (κ1) is 18.9. The maximum atomic E-state index is 12.4. The number of benzene rings is 1. The van der Waals surface area contributed by atoms with E-state index >= 15 is 0 Å². The number of hydrogen-bond acceptors (Lipinski definition) is 4. The topological polar surface area (TPSA) is 79.6 Å². The molecule has 26 heavy (non-hydrogen) atoms. The third-order valence-corrected chi connectivity index (χ3v) is 6.94. The van der Waals surface area contributed by atoms with Gasteiger partial charge in [0.1, 0.15) is 5.58 Å². The molecule has 7 heteroatoms. The molecule has 0 aliphatic carbocycles. The minimum atomic E-state index is -3.14. The van der Waals surface area contributed by atoms with Crippen molar-refractivity contribution in [3.8, 4) is 0 Å². The summed E-state index contributed by atoms with van der Waals surface area (Å²) >= 11 is 0. The first-order chi connectivity index (χ1) is 12.4. The number of amides is 1. The third-order valence-electron chi connectivity index (χ3n) is 5.06. The summed E-state index contributed by atoms with van der Waals surface area (Å²) in [5.41, 5.74) is 2.90. The van der Waals surface area contributed by atoms with Crippen LogP contribution in [-0.4, -0.2) is 43.5 Å². The van der Waals surface area contributed by atoms with Gasteiger partial charge in [0.2, 0.25) is 15.9 Å². The van der Waals surface area contributed by atoms with Crippen molar-refractivity contribution in [3.05, 3.63) is 35.6 Å². The van der Waals surface area contributed by atoms with Gasteiger partial charge in [-0.15, -0.1) is 0 Å². The van der Waals surface area contributed by atoms with E-state index in [0.29, 0.717) is 25.9 Å². The van der Waals surface area contributed by atoms with Crippen molar-refractivity contribution in [1.29, 1.82) is 0 Å². The highest BCUT2D eigenvalue weighted by Crippen LogP contribution is 2.23. The third kappa shape index (κ3) is 4.10. The minimum Gasteiger partial charge on any atom is -0.464 e. The average Bonchev–Trinajstić information content (AvgIpc) is 3.04. The highest BCUT2D eigenvalue weighted by molar-refractivity contribution is 7.89. The minimum absolute atomic E-state index is 0.0238. The highest BCUT2D eigenvalue weighted by Gasteiger charge is 2.27. The molecule has 1 N–H and O–H groups in total. The largest absolute Gasteiger partial charge is 0.464 e. The fraction of sp³-hybridized carbons (Fsp3) is 0.526. The molecule has 1 aliphatic heterocycles. The molecule has 1 aromatic heterocycles. The number of nitrogens with one attached hydrogen (secondary N) is 1. The molecule has 1 amide bonds. The Balaban J connectivity index is 1.57. The second-order valence-electron chi connectivity index (χ2n) is 6.76. The Morgan fingerprint density at radius 3 is 2.65 bits per heavy atom. The van der Waals surface area contributed by atoms with E-state index in [1.807, 2.05) is 12.1 Å². The molecular formula is C19H26N2O4S. The number of fused-ring (bicyclic) bond motifs is 1. The molecule has 1 fully saturated rings. The predicted octanol–water partition coefficient (Wildman–Crippen LogP) is 2.47. The zero-order valence-corrected chi connectivity index (χ0v) is 16.1. The van der Waals surface area contributed by atoms with Gasteiger partial charge in [0.15, 0.2) is 0 Å². The fourth-order valence-electron chi connectivity index (χ4n) is 3.40. The van der Waals surface area contributed by atoms with Gasteiger partial charge < -0.3 is 9.73 Å². The van der Waals surface area contributed by atoms with Crippen LogP contribution < -0.4 is 5.32 Å². The number of carbonyl (C=O) groups excluding carboxylic acids is 1. The van der Waals surface area contributed by atoms with Gasteiger partial charge in [-0.05, 0) is 37.8 Å². The lowest BCUT2D eigenvalue weighted by molar-refractivity contribution is -0.121. The first-order valence-corrected chi connectivity index (χ1v) is 10.8. The van der Waals surface area contributed by atoms with Crippen LogP contribution in [0, 0.1) is 0 Å². The second kappa shape index (κ2) is 7.80. The molecule has 0 bridgehead atoms. The zero-order valence-electron chi connectivity index (χ0n) is 15.3. The molecule has 0 spiro atoms. The summed E-state index contributed by atoms with van der Waals surface area (Å²) in [7, 11) is -3.14. The Kier molecular flexibility index (Phi) is 5.67. The Morgan fingerprint density at radius 1 is 1.27 bits per heavy atom. The van der Waals surface area contributed by atoms with Crippen molar-refractivity contribution in [2.45, 2.75) is 45.6 Å². The van der Waals surface area contributed by atoms with E-state index in [0.717, 1.165) is 23.0 Å². The summed E-state index contributed by atoms with van der Waals surface area (Å²) in [6, 6.07) is 6.11. The summed E-state index contributed by atoms with van der Waals surface area (Å²) in [5, 5.41) is 4.01. The summed E-state index contributed by atoms with van der Waals surface area (Å²) < 4.78 is 30.9. The van der Waals surface area contributed by atoms with Crippen LogP contribution in [0.5, 0.6) is 0 Å². The van der Waals surface area contributed by atoms with Crippen LogP contribution in [0.15, 0.2) is 28.9 Å². The summed E-state index contributed by atoms with van der Waals surface area (Å²) in [6.45, 7) is 4.68. The molecule has 0 radical (unpaired) electrons. The molecule has 0 saturated carbocycles. The van der Waals surface area contributed by atoms with Crippen LogP contribution in [0.2, 0.25) is 0 Å². The predicted molar refractivity (Wildman–Crippen MR) is 101 cm³/mol. The number of furan rings is 1. The summed E-state index contributed by atoms with van der Waals surface area (Å²) in [5.74, 6) is 0.0706. The summed E-state index contributed by atoms with van der Waals surface area (Å²) in [4.78, 5) is 12.4. The fourth-order valence-corrected chi connectivity index (χ4v) is 4.53. The van der Waals surface area contributed by atoms with Crippen molar-refractivity contribution in [1.82, 2.24) is 9.62 Å². The van der Waals surface area contributed by atoms with Gasteiger partial charge in [0.25, 0.3) is 0 Å². The van der Waals surface area contributed by atoms with Crippen molar-refractivity contribution in [3.63, 3.8) is 0 Å². The maximum absolute atomic E-state index is 12.4. The van der Waals surface area contributed by atoms with Gasteiger partial charge >= 0.3 is 0 Å². The molecule has 2 aromatic rings. The smallest absolute Gasteiger partial charge is 0.224 e. The lowest BCUT2D eigenvalue weighted by Crippen LogP contribution is -2.47. The molecule has 1 aromatic carbocycles. The van der Waals surface area contributed by atoms with Gasteiger partial charge in [-0.25, -0.2) is 12.7 Å². The second-order valence-corrected chi connectivity index (χ2v) is 9.02. The van der Waals surface area contributed by atoms with Gasteiger partial charge in [0.05, 0.1) is 18.4 Å². The zero-order chi connectivity index (χ0) is 18.7. The van der Waals surface area contributed by atoms with Crippen LogP contribution in [-0.2, 0) is 27.7 Å². The lowest BCUT2D eigenvalue weighted by atomic mass is 10.0. The van der Waals surface area contributed by atoms with Crippen LogP contribution in [0.25, 0.3) is 11.0 Å². The number of carbonyl (C=O) groups is 1. The molecule has 2 heterocycles. The van der Waals surface area contributed by atoms with Gasteiger partial charge in [-0.3, -0.25) is 4.79 Å². The van der Waals surface area contributed by atoms with Crippen molar-refractivity contribution in [2.75, 3.05) is 18.8 Å². The molecule has 1 aliphatic rings. The monoisotopic (exact) mass is 378 g/mol. The molecule has 0 unspecified atom stereocenters. The van der Waals surface area contributed by atoms with Crippen molar-refractivity contribution < 1.29 is 17.6 Å². The number of piperidine rings is 1. The van der Waals surface area contributed by atoms with Gasteiger partial charge in [0, 0.05) is 30.1 Å². The first-order valence-electron chi connectivity index (χ1n) is 9.19. The number of rotatable bonds is 6. The van der Waals surface area contributed by atoms with Crippen LogP contribution >= 0.6 is 0 Å². The van der Waals surface area contributed by atoms with E-state index in [2.05, 4.69) is 18.3 Å². The van der Waals surface area contributed by atoms with E-state index in [1.54, 1.807) is 13.2 Å². The van der Waals surface area contributed by atoms with Crippen LogP contribution in [0.3, 0.4) is 0 Å². The van der Waals surface area contributed by atoms with E-state index in [1.165, 1.54) is 9.87 Å². The van der Waals surface area contributed by atoms with E-state index in [4.69, 9.17) is 4.42 Å². The molecule has 142 valence electrons. The molecule has 1 saturated heterocycles. The highest BCUT2D eigenvalue weighted by atomic mass is 32.2. The Morgan fingerprint density at radius 2 is 2.00 bits per heavy atom. The number of sulfonamides is 1. The number of nitrogens with zero attached hydrogens (tertiary/aromatic N) is 1. The number of hydrogen-bond donors (Lipinski definition) is 1. The lowest BCUT2D eigenvalue weighted by Gasteiger charge is -2.31. The molecule has 3 rings (SSSR count). The average molecular weight is 378 g/mol. The van der Waals surface area contributed by atoms with E-state index < -0.39 is 10.0 Å². The maximum Gasteiger partial charge on any atom is 0.224 e. The Labute approximate surface area is 154 Å². The SMILES string of the molecule is CCc1ccc2c(CC(=O)NC3CCN(S(=O)(=O)CC)CC3)coc2c1. The summed E-state index contributed by atoms with van der Waals surface area (Å²) in [6.07, 6.45) is 4.17. The van der Waals surface area contributed by atoms with Crippen LogP contribution in [0.4, 0.5) is 0 Å². The standard InChI is InChI=1S/C19H26N2O4S/c1-3-14-5-6-17-15(13-25-18(17)11-14)12-19(22)20-16-7-9-21(10-8-16)26(23,24)4-2/h5-6,11,13,16H,3-4,7-10,12H2,1-2H3,(H,20,22). The van der Waals surface area contributed by atoms with E-state index in [9.17, 15) is 13.2 Å². The van der Waals surface area contributed by atoms with E-state index in [-0.39, 0.29) is 24.1 Å². The quantitative estimate of drug-likeness (QED) is 0.837. The molecular weight excluding hydrogens is 352 g/mol. The Hall–Kier alpha value is -1.86. The van der Waals surface area contributed by atoms with Crippen molar-refractivity contribution in [2.24, 2.45) is 0 Å². The Bertz CT molecular complexity index is 880. The van der Waals surface area contributed by atoms with Gasteiger partial charge in [-0.2, -0.15) is 0 Å². The number of aryl methyl sites for hydroxylation is 1. The van der Waals surface area contributed by atoms with Gasteiger partial charge in [-0.1, -0.05) is 19.1 Å². The van der Waals surface area contributed by atoms with Crippen molar-refractivity contribution >= 4 is 26.9 Å². The molecule has 0 atom stereocenters.